The van der Waals surface area contributed by atoms with Gasteiger partial charge >= 0.3 is 0 Å². The van der Waals surface area contributed by atoms with E-state index in [1.807, 2.05) is 6.92 Å². The molecule has 2 rings (SSSR count). The van der Waals surface area contributed by atoms with Gasteiger partial charge in [0.15, 0.2) is 0 Å². The number of imide groups is 1. The lowest BCUT2D eigenvalue weighted by atomic mass is 9.90. The summed E-state index contributed by atoms with van der Waals surface area (Å²) in [7, 11) is 1.47. The lowest BCUT2D eigenvalue weighted by Gasteiger charge is -2.33. The topological polar surface area (TPSA) is 78.5 Å². The minimum absolute atomic E-state index is 0.0991. The van der Waals surface area contributed by atoms with E-state index in [4.69, 9.17) is 0 Å². The highest BCUT2D eigenvalue weighted by Crippen LogP contribution is 2.25. The molecule has 0 aliphatic carbocycles. The Morgan fingerprint density at radius 2 is 2.25 bits per heavy atom. The van der Waals surface area contributed by atoms with Gasteiger partial charge in [-0.1, -0.05) is 13.3 Å². The first-order valence-corrected chi connectivity index (χ1v) is 7.36. The van der Waals surface area contributed by atoms with Crippen molar-refractivity contribution in [3.8, 4) is 0 Å². The first kappa shape index (κ1) is 15.0. The zero-order valence-electron chi connectivity index (χ0n) is 12.2. The molecule has 2 unspecified atom stereocenters. The number of piperidine rings is 1. The number of hydrogen-bond acceptors (Lipinski definition) is 4. The molecule has 0 aromatic heterocycles. The van der Waals surface area contributed by atoms with E-state index in [1.54, 1.807) is 0 Å². The van der Waals surface area contributed by atoms with Crippen LogP contribution in [0.1, 0.15) is 45.4 Å². The molecule has 112 valence electrons. The second-order valence-electron chi connectivity index (χ2n) is 5.72. The summed E-state index contributed by atoms with van der Waals surface area (Å²) in [6, 6.07) is -0.568. The van der Waals surface area contributed by atoms with Crippen molar-refractivity contribution in [3.05, 3.63) is 0 Å². The zero-order valence-corrected chi connectivity index (χ0v) is 12.2. The number of likely N-dealkylation sites (N-methyl/N-ethyl adjacent to an activating group) is 1. The van der Waals surface area contributed by atoms with Crippen LogP contribution in [0.15, 0.2) is 0 Å². The molecule has 2 atom stereocenters. The van der Waals surface area contributed by atoms with Crippen LogP contribution in [0.2, 0.25) is 0 Å². The Labute approximate surface area is 119 Å². The summed E-state index contributed by atoms with van der Waals surface area (Å²) in [4.78, 5) is 37.1. The number of nitrogens with one attached hydrogen (secondary N) is 2. The third kappa shape index (κ3) is 2.70. The maximum absolute atomic E-state index is 12.5. The predicted octanol–water partition coefficient (Wildman–Crippen LogP) is 0.172. The molecule has 0 aromatic rings. The van der Waals surface area contributed by atoms with Crippen LogP contribution in [0.25, 0.3) is 0 Å². The quantitative estimate of drug-likeness (QED) is 0.720. The zero-order chi connectivity index (χ0) is 14.8. The second kappa shape index (κ2) is 5.91. The molecule has 2 aliphatic rings. The standard InChI is InChI=1S/C14H23N3O3/c1-3-7-14(8-4-9-15-14)13(20)16-10-5-6-11(18)17(2)12(10)19/h10,15H,3-9H2,1-2H3,(H,16,20). The van der Waals surface area contributed by atoms with Crippen molar-refractivity contribution in [2.75, 3.05) is 13.6 Å². The molecule has 6 nitrogen and oxygen atoms in total. The maximum atomic E-state index is 12.5. The number of nitrogens with zero attached hydrogens (tertiary/aromatic N) is 1. The minimum Gasteiger partial charge on any atom is -0.343 e. The second-order valence-corrected chi connectivity index (χ2v) is 5.72. The molecule has 0 spiro atoms. The van der Waals surface area contributed by atoms with Gasteiger partial charge in [0, 0.05) is 13.5 Å². The molecule has 0 radical (unpaired) electrons. The van der Waals surface area contributed by atoms with Crippen LogP contribution in [0.3, 0.4) is 0 Å². The molecule has 20 heavy (non-hydrogen) atoms. The molecular weight excluding hydrogens is 258 g/mol. The van der Waals surface area contributed by atoms with Crippen molar-refractivity contribution in [2.24, 2.45) is 0 Å². The Kier molecular flexibility index (Phi) is 4.42. The summed E-state index contributed by atoms with van der Waals surface area (Å²) >= 11 is 0. The molecule has 2 aliphatic heterocycles. The normalized spacial score (nSPS) is 30.7. The molecule has 0 aromatic carbocycles. The van der Waals surface area contributed by atoms with Crippen LogP contribution in [-0.4, -0.2) is 47.8 Å². The van der Waals surface area contributed by atoms with Crippen molar-refractivity contribution in [2.45, 2.75) is 57.0 Å². The predicted molar refractivity (Wildman–Crippen MR) is 73.8 cm³/mol. The number of carbonyl (C=O) groups excluding carboxylic acids is 3. The van der Waals surface area contributed by atoms with Crippen molar-refractivity contribution in [3.63, 3.8) is 0 Å². The molecule has 2 fully saturated rings. The monoisotopic (exact) mass is 281 g/mol. The van der Waals surface area contributed by atoms with Crippen molar-refractivity contribution >= 4 is 17.7 Å². The van der Waals surface area contributed by atoms with Gasteiger partial charge in [-0.2, -0.15) is 0 Å². The van der Waals surface area contributed by atoms with Gasteiger partial charge in [0.05, 0.1) is 5.54 Å². The van der Waals surface area contributed by atoms with E-state index in [9.17, 15) is 14.4 Å². The number of hydrogen-bond donors (Lipinski definition) is 2. The van der Waals surface area contributed by atoms with Crippen molar-refractivity contribution in [1.82, 2.24) is 15.5 Å². The average molecular weight is 281 g/mol. The third-order valence-corrected chi connectivity index (χ3v) is 4.31. The highest BCUT2D eigenvalue weighted by molar-refractivity contribution is 6.02. The number of carbonyl (C=O) groups is 3. The molecule has 0 bridgehead atoms. The first-order chi connectivity index (χ1) is 9.50. The van der Waals surface area contributed by atoms with Crippen molar-refractivity contribution in [1.29, 1.82) is 0 Å². The molecule has 3 amide bonds. The van der Waals surface area contributed by atoms with E-state index in [-0.39, 0.29) is 17.7 Å². The van der Waals surface area contributed by atoms with Crippen LogP contribution < -0.4 is 10.6 Å². The van der Waals surface area contributed by atoms with Crippen LogP contribution in [0, 0.1) is 0 Å². The summed E-state index contributed by atoms with van der Waals surface area (Å²) in [6.45, 7) is 2.89. The Hall–Kier alpha value is -1.43. The van der Waals surface area contributed by atoms with E-state index < -0.39 is 11.6 Å². The molecule has 2 N–H and O–H groups in total. The van der Waals surface area contributed by atoms with Gasteiger partial charge in [-0.15, -0.1) is 0 Å². The average Bonchev–Trinajstić information content (AvgIpc) is 2.90. The van der Waals surface area contributed by atoms with E-state index in [0.29, 0.717) is 12.8 Å². The summed E-state index contributed by atoms with van der Waals surface area (Å²) in [5.41, 5.74) is -0.533. The van der Waals surface area contributed by atoms with Crippen LogP contribution >= 0.6 is 0 Å². The van der Waals surface area contributed by atoms with Gasteiger partial charge in [0.1, 0.15) is 6.04 Å². The molecule has 2 heterocycles. The Morgan fingerprint density at radius 3 is 2.85 bits per heavy atom. The van der Waals surface area contributed by atoms with E-state index >= 15 is 0 Å². The number of amides is 3. The number of rotatable bonds is 4. The van der Waals surface area contributed by atoms with Gasteiger partial charge in [-0.05, 0) is 32.2 Å². The molecule has 2 saturated heterocycles. The largest absolute Gasteiger partial charge is 0.343 e. The highest BCUT2D eigenvalue weighted by atomic mass is 16.2. The molecule has 6 heteroatoms. The van der Waals surface area contributed by atoms with Gasteiger partial charge < -0.3 is 10.6 Å². The maximum Gasteiger partial charge on any atom is 0.251 e. The SMILES string of the molecule is CCCC1(C(=O)NC2CCC(=O)N(C)C2=O)CCCN1. The van der Waals surface area contributed by atoms with E-state index in [2.05, 4.69) is 10.6 Å². The van der Waals surface area contributed by atoms with Crippen molar-refractivity contribution < 1.29 is 14.4 Å². The first-order valence-electron chi connectivity index (χ1n) is 7.36. The highest BCUT2D eigenvalue weighted by Gasteiger charge is 2.42. The molecule has 0 saturated carbocycles. The Morgan fingerprint density at radius 1 is 1.50 bits per heavy atom. The fraction of sp³-hybridized carbons (Fsp3) is 0.786. The van der Waals surface area contributed by atoms with Crippen LogP contribution in [-0.2, 0) is 14.4 Å². The third-order valence-electron chi connectivity index (χ3n) is 4.31. The smallest absolute Gasteiger partial charge is 0.251 e. The number of likely N-dealkylation sites (tertiary alicyclic amines) is 1. The van der Waals surface area contributed by atoms with Gasteiger partial charge in [-0.3, -0.25) is 19.3 Å². The minimum atomic E-state index is -0.568. The Balaban J connectivity index is 2.03. The summed E-state index contributed by atoms with van der Waals surface area (Å²) in [5.74, 6) is -0.583. The summed E-state index contributed by atoms with van der Waals surface area (Å²) < 4.78 is 0. The van der Waals surface area contributed by atoms with E-state index in [0.717, 1.165) is 37.1 Å². The van der Waals surface area contributed by atoms with Gasteiger partial charge in [-0.25, -0.2) is 0 Å². The van der Waals surface area contributed by atoms with Crippen LogP contribution in [0.5, 0.6) is 0 Å². The van der Waals surface area contributed by atoms with Gasteiger partial charge in [0.25, 0.3) is 5.91 Å². The van der Waals surface area contributed by atoms with Crippen LogP contribution in [0.4, 0.5) is 0 Å². The van der Waals surface area contributed by atoms with E-state index in [1.165, 1.54) is 7.05 Å². The fourth-order valence-corrected chi connectivity index (χ4v) is 3.10. The lowest BCUT2D eigenvalue weighted by molar-refractivity contribution is -0.150. The molecular formula is C14H23N3O3. The summed E-state index contributed by atoms with van der Waals surface area (Å²) in [5, 5.41) is 6.13. The lowest BCUT2D eigenvalue weighted by Crippen LogP contribution is -2.60. The van der Waals surface area contributed by atoms with Gasteiger partial charge in [0.2, 0.25) is 11.8 Å². The fourth-order valence-electron chi connectivity index (χ4n) is 3.10. The summed E-state index contributed by atoms with van der Waals surface area (Å²) in [6.07, 6.45) is 4.18. The Bertz CT molecular complexity index is 416.